The molecule has 2 atom stereocenters. The third kappa shape index (κ3) is 8.45. The average molecular weight is 557 g/mol. The highest BCUT2D eigenvalue weighted by molar-refractivity contribution is 6.23. The van der Waals surface area contributed by atoms with Crippen molar-refractivity contribution in [3.05, 3.63) is 113 Å². The highest BCUT2D eigenvalue weighted by Crippen LogP contribution is 2.23. The second kappa shape index (κ2) is 13.2. The van der Waals surface area contributed by atoms with Gasteiger partial charge < -0.3 is 25.2 Å². The van der Waals surface area contributed by atoms with Crippen LogP contribution in [0.2, 0.25) is 0 Å². The van der Waals surface area contributed by atoms with Crippen molar-refractivity contribution in [2.75, 3.05) is 0 Å². The van der Waals surface area contributed by atoms with Crippen LogP contribution in [0.15, 0.2) is 96.3 Å². The largest absolute Gasteiger partial charge is 0.509 e. The second-order valence-electron chi connectivity index (χ2n) is 11.0. The van der Waals surface area contributed by atoms with Crippen LogP contribution in [0.25, 0.3) is 0 Å². The van der Waals surface area contributed by atoms with Crippen LogP contribution in [0.4, 0.5) is 4.79 Å². The Hall–Kier alpha value is -4.59. The van der Waals surface area contributed by atoms with Crippen molar-refractivity contribution < 1.29 is 29.0 Å². The molecule has 8 heteroatoms. The van der Waals surface area contributed by atoms with Gasteiger partial charge in [0, 0.05) is 6.42 Å². The molecule has 2 amide bonds. The van der Waals surface area contributed by atoms with Gasteiger partial charge in [-0.25, -0.2) is 4.79 Å². The van der Waals surface area contributed by atoms with Crippen molar-refractivity contribution in [2.45, 2.75) is 64.3 Å². The van der Waals surface area contributed by atoms with Gasteiger partial charge >= 0.3 is 6.09 Å². The molecule has 41 heavy (non-hydrogen) atoms. The van der Waals surface area contributed by atoms with Crippen LogP contribution < -0.4 is 15.4 Å². The smallest absolute Gasteiger partial charge is 0.408 e. The van der Waals surface area contributed by atoms with Crippen LogP contribution in [0, 0.1) is 0 Å². The SMILES string of the molecule is CC(C)(C)OC(=O)N[C@H](Cc1ccc(OCc2ccccc2)cc1)C(=O)C1=C(O)[C@H](CCc2ccccc2)NC1=O. The summed E-state index contributed by atoms with van der Waals surface area (Å²) in [5.74, 6) is -1.00. The zero-order chi connectivity index (χ0) is 29.4. The van der Waals surface area contributed by atoms with E-state index in [0.29, 0.717) is 25.2 Å². The van der Waals surface area contributed by atoms with Crippen LogP contribution in [0.5, 0.6) is 5.75 Å². The Morgan fingerprint density at radius 3 is 2.12 bits per heavy atom. The fourth-order valence-electron chi connectivity index (χ4n) is 4.52. The number of aryl methyl sites for hydroxylation is 1. The molecule has 0 aromatic heterocycles. The number of nitrogens with one attached hydrogen (secondary N) is 2. The number of benzene rings is 3. The summed E-state index contributed by atoms with van der Waals surface area (Å²) in [5, 5.41) is 16.2. The minimum Gasteiger partial charge on any atom is -0.509 e. The Morgan fingerprint density at radius 2 is 1.51 bits per heavy atom. The van der Waals surface area contributed by atoms with Crippen LogP contribution in [-0.2, 0) is 33.8 Å². The lowest BCUT2D eigenvalue weighted by Gasteiger charge is -2.23. The van der Waals surface area contributed by atoms with E-state index in [4.69, 9.17) is 9.47 Å². The summed E-state index contributed by atoms with van der Waals surface area (Å²) in [5.41, 5.74) is 1.69. The highest BCUT2D eigenvalue weighted by Gasteiger charge is 2.39. The van der Waals surface area contributed by atoms with Crippen LogP contribution >= 0.6 is 0 Å². The number of rotatable bonds is 11. The summed E-state index contributed by atoms with van der Waals surface area (Å²) in [6.45, 7) is 5.56. The topological polar surface area (TPSA) is 114 Å². The summed E-state index contributed by atoms with van der Waals surface area (Å²) < 4.78 is 11.2. The quantitative estimate of drug-likeness (QED) is 0.279. The zero-order valence-corrected chi connectivity index (χ0v) is 23.6. The van der Waals surface area contributed by atoms with Crippen molar-refractivity contribution in [3.63, 3.8) is 0 Å². The van der Waals surface area contributed by atoms with E-state index in [1.807, 2.05) is 60.7 Å². The van der Waals surface area contributed by atoms with Crippen molar-refractivity contribution in [3.8, 4) is 5.75 Å². The number of hydrogen-bond acceptors (Lipinski definition) is 6. The molecule has 3 aromatic rings. The van der Waals surface area contributed by atoms with Gasteiger partial charge in [0.1, 0.15) is 29.3 Å². The van der Waals surface area contributed by atoms with E-state index in [1.54, 1.807) is 45.0 Å². The molecule has 8 nitrogen and oxygen atoms in total. The number of ether oxygens (including phenoxy) is 2. The first kappa shape index (κ1) is 29.4. The molecule has 0 spiro atoms. The first-order valence-electron chi connectivity index (χ1n) is 13.7. The Balaban J connectivity index is 1.48. The number of amides is 2. The molecule has 1 aliphatic heterocycles. The minimum absolute atomic E-state index is 0.0792. The van der Waals surface area contributed by atoms with Gasteiger partial charge in [0.15, 0.2) is 5.78 Å². The molecule has 0 aliphatic carbocycles. The molecular formula is C33H36N2O6. The molecule has 3 aromatic carbocycles. The van der Waals surface area contributed by atoms with E-state index in [-0.39, 0.29) is 17.8 Å². The summed E-state index contributed by atoms with van der Waals surface area (Å²) in [6, 6.07) is 24.8. The standard InChI is InChI=1S/C33H36N2O6/c1-33(2,3)41-32(39)35-27(20-23-14-17-25(18-15-23)40-21-24-12-8-5-9-13-24)30(37)28-29(36)26(34-31(28)38)19-16-22-10-6-4-7-11-22/h4-15,17-18,26-27,36H,16,19-21H2,1-3H3,(H,34,38)(H,35,39)/t26-,27+/m0/s1. The molecule has 0 bridgehead atoms. The lowest BCUT2D eigenvalue weighted by Crippen LogP contribution is -2.46. The van der Waals surface area contributed by atoms with Gasteiger partial charge in [0.25, 0.3) is 5.91 Å². The van der Waals surface area contributed by atoms with E-state index < -0.39 is 35.5 Å². The number of carbonyl (C=O) groups excluding carboxylic acids is 3. The fourth-order valence-corrected chi connectivity index (χ4v) is 4.52. The zero-order valence-electron chi connectivity index (χ0n) is 23.6. The number of carbonyl (C=O) groups is 3. The Morgan fingerprint density at radius 1 is 0.902 bits per heavy atom. The Labute approximate surface area is 240 Å². The first-order chi connectivity index (χ1) is 19.6. The molecular weight excluding hydrogens is 520 g/mol. The number of aliphatic hydroxyl groups excluding tert-OH is 1. The molecule has 0 saturated heterocycles. The second-order valence-corrected chi connectivity index (χ2v) is 11.0. The van der Waals surface area contributed by atoms with E-state index in [0.717, 1.165) is 16.7 Å². The summed E-state index contributed by atoms with van der Waals surface area (Å²) >= 11 is 0. The van der Waals surface area contributed by atoms with Gasteiger partial charge in [-0.2, -0.15) is 0 Å². The summed E-state index contributed by atoms with van der Waals surface area (Å²) in [4.78, 5) is 39.1. The number of aliphatic hydroxyl groups is 1. The highest BCUT2D eigenvalue weighted by atomic mass is 16.6. The normalized spacial score (nSPS) is 15.7. The monoisotopic (exact) mass is 556 g/mol. The van der Waals surface area contributed by atoms with Gasteiger partial charge in [0.2, 0.25) is 0 Å². The summed E-state index contributed by atoms with van der Waals surface area (Å²) in [6.07, 6.45) is 0.316. The molecule has 0 fully saturated rings. The van der Waals surface area contributed by atoms with E-state index in [2.05, 4.69) is 10.6 Å². The number of hydrogen-bond donors (Lipinski definition) is 3. The molecule has 0 saturated carbocycles. The number of alkyl carbamates (subject to hydrolysis) is 1. The third-order valence-electron chi connectivity index (χ3n) is 6.55. The molecule has 0 unspecified atom stereocenters. The molecule has 3 N–H and O–H groups in total. The van der Waals surface area contributed by atoms with Gasteiger partial charge in [0.05, 0.1) is 12.1 Å². The predicted octanol–water partition coefficient (Wildman–Crippen LogP) is 5.21. The van der Waals surface area contributed by atoms with E-state index in [1.165, 1.54) is 0 Å². The number of ketones is 1. The van der Waals surface area contributed by atoms with Gasteiger partial charge in [-0.15, -0.1) is 0 Å². The minimum atomic E-state index is -1.14. The first-order valence-corrected chi connectivity index (χ1v) is 13.7. The lowest BCUT2D eigenvalue weighted by molar-refractivity contribution is -0.123. The summed E-state index contributed by atoms with van der Waals surface area (Å²) in [7, 11) is 0. The number of Topliss-reactive ketones (excluding diaryl/α,β-unsaturated/α-hetero) is 1. The van der Waals surface area contributed by atoms with Crippen molar-refractivity contribution >= 4 is 17.8 Å². The average Bonchev–Trinajstić information content (AvgIpc) is 3.23. The van der Waals surface area contributed by atoms with Gasteiger partial charge in [-0.1, -0.05) is 72.8 Å². The lowest BCUT2D eigenvalue weighted by atomic mass is 9.96. The van der Waals surface area contributed by atoms with Crippen molar-refractivity contribution in [1.29, 1.82) is 0 Å². The molecule has 4 rings (SSSR count). The Kier molecular flexibility index (Phi) is 9.45. The van der Waals surface area contributed by atoms with E-state index in [9.17, 15) is 19.5 Å². The Bertz CT molecular complexity index is 1380. The maximum absolute atomic E-state index is 13.6. The van der Waals surface area contributed by atoms with Gasteiger partial charge in [-0.05, 0) is 62.4 Å². The van der Waals surface area contributed by atoms with E-state index >= 15 is 0 Å². The maximum atomic E-state index is 13.6. The predicted molar refractivity (Wildman–Crippen MR) is 155 cm³/mol. The fraction of sp³-hybridized carbons (Fsp3) is 0.303. The van der Waals surface area contributed by atoms with Crippen LogP contribution in [0.3, 0.4) is 0 Å². The maximum Gasteiger partial charge on any atom is 0.408 e. The van der Waals surface area contributed by atoms with Crippen molar-refractivity contribution in [1.82, 2.24) is 10.6 Å². The molecule has 1 aliphatic rings. The molecule has 1 heterocycles. The van der Waals surface area contributed by atoms with Crippen LogP contribution in [-0.4, -0.2) is 40.6 Å². The molecule has 214 valence electrons. The molecule has 0 radical (unpaired) electrons. The van der Waals surface area contributed by atoms with Gasteiger partial charge in [-0.3, -0.25) is 9.59 Å². The third-order valence-corrected chi connectivity index (χ3v) is 6.55. The van der Waals surface area contributed by atoms with Crippen molar-refractivity contribution in [2.24, 2.45) is 0 Å². The van der Waals surface area contributed by atoms with Crippen LogP contribution in [0.1, 0.15) is 43.9 Å².